The van der Waals surface area contributed by atoms with Crippen LogP contribution in [0.1, 0.15) is 31.2 Å². The van der Waals surface area contributed by atoms with Gasteiger partial charge < -0.3 is 4.90 Å². The van der Waals surface area contributed by atoms with Crippen LogP contribution in [0.2, 0.25) is 0 Å². The fraction of sp³-hybridized carbons (Fsp3) is 0.318. The van der Waals surface area contributed by atoms with Gasteiger partial charge in [-0.3, -0.25) is 4.72 Å². The van der Waals surface area contributed by atoms with Gasteiger partial charge in [-0.1, -0.05) is 19.1 Å². The Hall–Kier alpha value is -2.64. The lowest BCUT2D eigenvalue weighted by Gasteiger charge is -2.15. The fourth-order valence-corrected chi connectivity index (χ4v) is 4.92. The summed E-state index contributed by atoms with van der Waals surface area (Å²) in [6.45, 7) is 5.58. The minimum absolute atomic E-state index is 0.225. The lowest BCUT2D eigenvalue weighted by molar-refractivity contribution is 0.335. The average molecular weight is 411 g/mol. The SMILES string of the molecule is CCCN1CC[C@@H](c2ccc(NS(=O)(=O)c3ccc(-n4cccn4)cc3)cc2)C1. The number of rotatable bonds is 7. The number of likely N-dealkylation sites (tertiary alicyclic amines) is 1. The van der Waals surface area contributed by atoms with E-state index in [2.05, 4.69) is 21.6 Å². The maximum absolute atomic E-state index is 12.7. The molecule has 29 heavy (non-hydrogen) atoms. The predicted molar refractivity (Wildman–Crippen MR) is 115 cm³/mol. The van der Waals surface area contributed by atoms with Crippen LogP contribution < -0.4 is 4.72 Å². The first kappa shape index (κ1) is 19.7. The molecule has 0 amide bonds. The first-order valence-electron chi connectivity index (χ1n) is 10.0. The van der Waals surface area contributed by atoms with Gasteiger partial charge in [-0.15, -0.1) is 0 Å². The lowest BCUT2D eigenvalue weighted by Crippen LogP contribution is -2.20. The third kappa shape index (κ3) is 4.52. The number of hydrogen-bond acceptors (Lipinski definition) is 4. The zero-order valence-electron chi connectivity index (χ0n) is 16.5. The van der Waals surface area contributed by atoms with Crippen molar-refractivity contribution in [2.45, 2.75) is 30.6 Å². The molecule has 4 rings (SSSR count). The molecule has 1 atom stereocenters. The summed E-state index contributed by atoms with van der Waals surface area (Å²) in [5.41, 5.74) is 2.66. The number of nitrogens with zero attached hydrogens (tertiary/aromatic N) is 3. The molecule has 0 radical (unpaired) electrons. The van der Waals surface area contributed by atoms with Gasteiger partial charge in [0.05, 0.1) is 10.6 Å². The van der Waals surface area contributed by atoms with Gasteiger partial charge in [0.15, 0.2) is 0 Å². The monoisotopic (exact) mass is 410 g/mol. The second-order valence-electron chi connectivity index (χ2n) is 7.46. The molecule has 0 aliphatic carbocycles. The van der Waals surface area contributed by atoms with E-state index in [4.69, 9.17) is 0 Å². The van der Waals surface area contributed by atoms with Crippen LogP contribution in [0.4, 0.5) is 5.69 Å². The topological polar surface area (TPSA) is 67.2 Å². The second kappa shape index (κ2) is 8.39. The molecule has 1 aliphatic heterocycles. The van der Waals surface area contributed by atoms with E-state index in [1.165, 1.54) is 12.0 Å². The highest BCUT2D eigenvalue weighted by molar-refractivity contribution is 7.92. The van der Waals surface area contributed by atoms with Crippen LogP contribution in [-0.2, 0) is 10.0 Å². The molecule has 0 bridgehead atoms. The smallest absolute Gasteiger partial charge is 0.261 e. The van der Waals surface area contributed by atoms with Crippen molar-refractivity contribution in [2.75, 3.05) is 24.4 Å². The van der Waals surface area contributed by atoms with Gasteiger partial charge in [-0.25, -0.2) is 13.1 Å². The van der Waals surface area contributed by atoms with Gasteiger partial charge >= 0.3 is 0 Å². The number of aromatic nitrogens is 2. The Morgan fingerprint density at radius 3 is 2.52 bits per heavy atom. The van der Waals surface area contributed by atoms with Crippen LogP contribution in [0, 0.1) is 0 Å². The maximum atomic E-state index is 12.7. The molecule has 1 N–H and O–H groups in total. The van der Waals surface area contributed by atoms with Crippen molar-refractivity contribution < 1.29 is 8.42 Å². The third-order valence-electron chi connectivity index (χ3n) is 5.36. The molecule has 0 saturated carbocycles. The molecular formula is C22H26N4O2S. The zero-order valence-corrected chi connectivity index (χ0v) is 17.3. The van der Waals surface area contributed by atoms with Crippen LogP contribution in [0.25, 0.3) is 5.69 Å². The van der Waals surface area contributed by atoms with E-state index in [1.54, 1.807) is 35.1 Å². The van der Waals surface area contributed by atoms with Crippen molar-refractivity contribution in [1.29, 1.82) is 0 Å². The van der Waals surface area contributed by atoms with E-state index in [0.717, 1.165) is 31.7 Å². The summed E-state index contributed by atoms with van der Waals surface area (Å²) in [6, 6.07) is 16.3. The molecular weight excluding hydrogens is 384 g/mol. The summed E-state index contributed by atoms with van der Waals surface area (Å²) < 4.78 is 29.8. The van der Waals surface area contributed by atoms with Gasteiger partial charge in [0.2, 0.25) is 0 Å². The van der Waals surface area contributed by atoms with Crippen molar-refractivity contribution in [2.24, 2.45) is 0 Å². The number of benzene rings is 2. The van der Waals surface area contributed by atoms with Crippen LogP contribution in [-0.4, -0.2) is 42.7 Å². The van der Waals surface area contributed by atoms with Gasteiger partial charge in [0, 0.05) is 24.6 Å². The van der Waals surface area contributed by atoms with E-state index < -0.39 is 10.0 Å². The largest absolute Gasteiger partial charge is 0.303 e. The summed E-state index contributed by atoms with van der Waals surface area (Å²) in [4.78, 5) is 2.72. The summed E-state index contributed by atoms with van der Waals surface area (Å²) in [5.74, 6) is 0.530. The highest BCUT2D eigenvalue weighted by atomic mass is 32.2. The van der Waals surface area contributed by atoms with Crippen LogP contribution in [0.15, 0.2) is 71.9 Å². The van der Waals surface area contributed by atoms with Crippen molar-refractivity contribution in [3.8, 4) is 5.69 Å². The number of hydrogen-bond donors (Lipinski definition) is 1. The van der Waals surface area contributed by atoms with Crippen LogP contribution in [0.3, 0.4) is 0 Å². The number of nitrogens with one attached hydrogen (secondary N) is 1. The van der Waals surface area contributed by atoms with Gasteiger partial charge in [0.25, 0.3) is 10.0 Å². The molecule has 3 aromatic rings. The van der Waals surface area contributed by atoms with Gasteiger partial charge in [0.1, 0.15) is 0 Å². The van der Waals surface area contributed by atoms with E-state index in [1.807, 2.05) is 36.5 Å². The van der Waals surface area contributed by atoms with Crippen molar-refractivity contribution in [3.05, 3.63) is 72.6 Å². The standard InChI is InChI=1S/C22H26N4O2S/c1-2-14-25-16-12-19(17-25)18-4-6-20(7-5-18)24-29(27,28)22-10-8-21(9-11-22)26-15-3-13-23-26/h3-11,13,15,19,24H,2,12,14,16-17H2,1H3/t19-/m1/s1. The Bertz CT molecular complexity index is 1030. The van der Waals surface area contributed by atoms with E-state index in [-0.39, 0.29) is 4.90 Å². The fourth-order valence-electron chi connectivity index (χ4n) is 3.86. The molecule has 6 nitrogen and oxygen atoms in total. The quantitative estimate of drug-likeness (QED) is 0.642. The molecule has 1 aromatic heterocycles. The van der Waals surface area contributed by atoms with Crippen molar-refractivity contribution in [1.82, 2.24) is 14.7 Å². The summed E-state index contributed by atoms with van der Waals surface area (Å²) >= 11 is 0. The second-order valence-corrected chi connectivity index (χ2v) is 9.14. The highest BCUT2D eigenvalue weighted by Gasteiger charge is 2.23. The Labute approximate surface area is 172 Å². The Morgan fingerprint density at radius 2 is 1.86 bits per heavy atom. The molecule has 7 heteroatoms. The number of anilines is 1. The molecule has 152 valence electrons. The lowest BCUT2D eigenvalue weighted by atomic mass is 9.98. The normalized spacial score (nSPS) is 17.5. The summed E-state index contributed by atoms with van der Waals surface area (Å²) in [7, 11) is -3.63. The van der Waals surface area contributed by atoms with Gasteiger partial charge in [-0.05, 0) is 79.9 Å². The molecule has 1 fully saturated rings. The van der Waals surface area contributed by atoms with E-state index in [9.17, 15) is 8.42 Å². The van der Waals surface area contributed by atoms with E-state index >= 15 is 0 Å². The summed E-state index contributed by atoms with van der Waals surface area (Å²) in [6.07, 6.45) is 5.84. The Kier molecular flexibility index (Phi) is 5.69. The minimum Gasteiger partial charge on any atom is -0.303 e. The predicted octanol–water partition coefficient (Wildman–Crippen LogP) is 3.87. The molecule has 1 aliphatic rings. The zero-order chi connectivity index (χ0) is 20.3. The third-order valence-corrected chi connectivity index (χ3v) is 6.76. The summed E-state index contributed by atoms with van der Waals surface area (Å²) in [5, 5.41) is 4.15. The van der Waals surface area contributed by atoms with Crippen LogP contribution >= 0.6 is 0 Å². The Morgan fingerprint density at radius 1 is 1.10 bits per heavy atom. The van der Waals surface area contributed by atoms with Crippen molar-refractivity contribution in [3.63, 3.8) is 0 Å². The van der Waals surface area contributed by atoms with E-state index in [0.29, 0.717) is 11.6 Å². The minimum atomic E-state index is -3.63. The molecule has 0 unspecified atom stereocenters. The average Bonchev–Trinajstić information content (AvgIpc) is 3.41. The van der Waals surface area contributed by atoms with Crippen LogP contribution in [0.5, 0.6) is 0 Å². The number of sulfonamides is 1. The molecule has 0 spiro atoms. The molecule has 2 aromatic carbocycles. The molecule has 1 saturated heterocycles. The van der Waals surface area contributed by atoms with Crippen molar-refractivity contribution >= 4 is 15.7 Å². The maximum Gasteiger partial charge on any atom is 0.261 e. The van der Waals surface area contributed by atoms with Gasteiger partial charge in [-0.2, -0.15) is 5.10 Å². The molecule has 2 heterocycles. The highest BCUT2D eigenvalue weighted by Crippen LogP contribution is 2.28. The Balaban J connectivity index is 1.43. The first-order chi connectivity index (χ1) is 14.0. The first-order valence-corrected chi connectivity index (χ1v) is 11.5.